The third kappa shape index (κ3) is 3.11. The van der Waals surface area contributed by atoms with Gasteiger partial charge in [-0.3, -0.25) is 0 Å². The van der Waals surface area contributed by atoms with Gasteiger partial charge in [0.15, 0.2) is 5.82 Å². The minimum atomic E-state index is 0.762. The molecule has 0 aliphatic carbocycles. The van der Waals surface area contributed by atoms with Gasteiger partial charge in [0.1, 0.15) is 4.83 Å². The lowest BCUT2D eigenvalue weighted by Crippen LogP contribution is -1.95. The molecule has 0 bridgehead atoms. The van der Waals surface area contributed by atoms with E-state index in [4.69, 9.17) is 9.97 Å². The van der Waals surface area contributed by atoms with E-state index in [1.807, 2.05) is 18.2 Å². The van der Waals surface area contributed by atoms with Crippen LogP contribution in [0.2, 0.25) is 0 Å². The average Bonchev–Trinajstić information content (AvgIpc) is 3.23. The molecule has 0 atom stereocenters. The monoisotopic (exact) mass is 414 g/mol. The maximum Gasteiger partial charge on any atom is 0.161 e. The summed E-state index contributed by atoms with van der Waals surface area (Å²) in [4.78, 5) is 11.1. The van der Waals surface area contributed by atoms with Crippen molar-refractivity contribution in [3.8, 4) is 33.8 Å². The van der Waals surface area contributed by atoms with Crippen molar-refractivity contribution in [2.75, 3.05) is 0 Å². The van der Waals surface area contributed by atoms with Gasteiger partial charge in [-0.05, 0) is 17.2 Å². The maximum absolute atomic E-state index is 5.15. The van der Waals surface area contributed by atoms with Crippen LogP contribution in [0.1, 0.15) is 0 Å². The van der Waals surface area contributed by atoms with Gasteiger partial charge in [-0.1, -0.05) is 103 Å². The van der Waals surface area contributed by atoms with Gasteiger partial charge >= 0.3 is 0 Å². The van der Waals surface area contributed by atoms with E-state index in [9.17, 15) is 0 Å². The fourth-order valence-corrected chi connectivity index (χ4v) is 5.17. The maximum atomic E-state index is 5.15. The van der Waals surface area contributed by atoms with Crippen molar-refractivity contribution in [1.82, 2.24) is 9.97 Å². The number of aromatic nitrogens is 2. The molecule has 31 heavy (non-hydrogen) atoms. The SMILES string of the molecule is c1ccc(-c2nc(-c3ccccc3-c3ccccc3)c3c(n2)sc2ccccc23)cc1. The normalized spacial score (nSPS) is 11.2. The Morgan fingerprint density at radius 2 is 1.13 bits per heavy atom. The number of nitrogens with zero attached hydrogens (tertiary/aromatic N) is 2. The van der Waals surface area contributed by atoms with E-state index >= 15 is 0 Å². The Morgan fingerprint density at radius 1 is 0.516 bits per heavy atom. The van der Waals surface area contributed by atoms with Crippen molar-refractivity contribution in [3.63, 3.8) is 0 Å². The van der Waals surface area contributed by atoms with Crippen molar-refractivity contribution in [2.24, 2.45) is 0 Å². The Hall–Kier alpha value is -3.82. The van der Waals surface area contributed by atoms with Gasteiger partial charge in [0.25, 0.3) is 0 Å². The molecule has 0 aliphatic heterocycles. The second-order valence-corrected chi connectivity index (χ2v) is 8.48. The standard InChI is InChI=1S/C28H18N2S/c1-3-11-19(12-4-1)21-15-7-8-16-22(21)26-25-23-17-9-10-18-24(23)31-28(25)30-27(29-26)20-13-5-2-6-14-20/h1-18H. The zero-order valence-electron chi connectivity index (χ0n) is 16.7. The first kappa shape index (κ1) is 18.0. The quantitative estimate of drug-likeness (QED) is 0.295. The van der Waals surface area contributed by atoms with Gasteiger partial charge in [-0.25, -0.2) is 9.97 Å². The molecule has 2 nitrogen and oxygen atoms in total. The molecule has 0 spiro atoms. The molecule has 0 saturated carbocycles. The lowest BCUT2D eigenvalue weighted by molar-refractivity contribution is 1.24. The van der Waals surface area contributed by atoms with Gasteiger partial charge in [0.2, 0.25) is 0 Å². The largest absolute Gasteiger partial charge is 0.227 e. The third-order valence-electron chi connectivity index (χ3n) is 5.54. The first-order valence-electron chi connectivity index (χ1n) is 10.3. The summed E-state index contributed by atoms with van der Waals surface area (Å²) >= 11 is 1.73. The molecule has 0 unspecified atom stereocenters. The fraction of sp³-hybridized carbons (Fsp3) is 0. The van der Waals surface area contributed by atoms with Crippen molar-refractivity contribution < 1.29 is 0 Å². The molecule has 0 aliphatic rings. The topological polar surface area (TPSA) is 25.8 Å². The highest BCUT2D eigenvalue weighted by atomic mass is 32.1. The highest BCUT2D eigenvalue weighted by Gasteiger charge is 2.18. The van der Waals surface area contributed by atoms with Crippen LogP contribution in [0.5, 0.6) is 0 Å². The van der Waals surface area contributed by atoms with Crippen LogP contribution in [0.15, 0.2) is 109 Å². The minimum absolute atomic E-state index is 0.762. The van der Waals surface area contributed by atoms with Crippen LogP contribution in [0.3, 0.4) is 0 Å². The van der Waals surface area contributed by atoms with Crippen molar-refractivity contribution in [1.29, 1.82) is 0 Å². The first-order chi connectivity index (χ1) is 15.4. The second-order valence-electron chi connectivity index (χ2n) is 7.45. The van der Waals surface area contributed by atoms with E-state index < -0.39 is 0 Å². The molecule has 0 amide bonds. The van der Waals surface area contributed by atoms with E-state index in [0.717, 1.165) is 32.9 Å². The van der Waals surface area contributed by atoms with Gasteiger partial charge in [-0.15, -0.1) is 11.3 Å². The Balaban J connectivity index is 1.72. The van der Waals surface area contributed by atoms with Crippen LogP contribution in [0, 0.1) is 0 Å². The molecule has 0 N–H and O–H groups in total. The van der Waals surface area contributed by atoms with Crippen molar-refractivity contribution in [2.45, 2.75) is 0 Å². The van der Waals surface area contributed by atoms with Gasteiger partial charge < -0.3 is 0 Å². The summed E-state index contributed by atoms with van der Waals surface area (Å²) in [6.45, 7) is 0. The molecule has 0 radical (unpaired) electrons. The molecular formula is C28H18N2S. The van der Waals surface area contributed by atoms with Crippen LogP contribution in [0.4, 0.5) is 0 Å². The van der Waals surface area contributed by atoms with Crippen molar-refractivity contribution in [3.05, 3.63) is 109 Å². The third-order valence-corrected chi connectivity index (χ3v) is 6.60. The molecular weight excluding hydrogens is 396 g/mol. The minimum Gasteiger partial charge on any atom is -0.227 e. The molecule has 3 heteroatoms. The van der Waals surface area contributed by atoms with E-state index in [1.165, 1.54) is 21.2 Å². The molecule has 2 heterocycles. The fourth-order valence-electron chi connectivity index (χ4n) is 4.09. The zero-order valence-corrected chi connectivity index (χ0v) is 17.5. The summed E-state index contributed by atoms with van der Waals surface area (Å²) in [5.41, 5.74) is 5.51. The van der Waals surface area contributed by atoms with Gasteiger partial charge in [0, 0.05) is 26.6 Å². The molecule has 2 aromatic heterocycles. The van der Waals surface area contributed by atoms with Gasteiger partial charge in [0.05, 0.1) is 5.69 Å². The summed E-state index contributed by atoms with van der Waals surface area (Å²) in [5, 5.41) is 2.34. The van der Waals surface area contributed by atoms with E-state index in [2.05, 4.69) is 91.0 Å². The van der Waals surface area contributed by atoms with Gasteiger partial charge in [-0.2, -0.15) is 0 Å². The second kappa shape index (κ2) is 7.46. The smallest absolute Gasteiger partial charge is 0.161 e. The lowest BCUT2D eigenvalue weighted by atomic mass is 9.95. The van der Waals surface area contributed by atoms with E-state index in [0.29, 0.717) is 0 Å². The average molecular weight is 415 g/mol. The Bertz CT molecular complexity index is 1520. The summed E-state index contributed by atoms with van der Waals surface area (Å²) in [6.07, 6.45) is 0. The van der Waals surface area contributed by atoms with E-state index in [-0.39, 0.29) is 0 Å². The summed E-state index contributed by atoms with van der Waals surface area (Å²) in [6, 6.07) is 37.8. The highest BCUT2D eigenvalue weighted by Crippen LogP contribution is 2.41. The number of benzene rings is 4. The Kier molecular flexibility index (Phi) is 4.33. The predicted octanol–water partition coefficient (Wildman–Crippen LogP) is 7.85. The van der Waals surface area contributed by atoms with Crippen LogP contribution < -0.4 is 0 Å². The van der Waals surface area contributed by atoms with Crippen LogP contribution in [0.25, 0.3) is 54.1 Å². The van der Waals surface area contributed by atoms with Crippen molar-refractivity contribution >= 4 is 31.6 Å². The Labute approximate surface area is 184 Å². The molecule has 0 saturated heterocycles. The Morgan fingerprint density at radius 3 is 1.90 bits per heavy atom. The number of hydrogen-bond donors (Lipinski definition) is 0. The molecule has 6 rings (SSSR count). The first-order valence-corrected chi connectivity index (χ1v) is 11.1. The highest BCUT2D eigenvalue weighted by molar-refractivity contribution is 7.25. The summed E-state index contributed by atoms with van der Waals surface area (Å²) in [7, 11) is 0. The van der Waals surface area contributed by atoms with Crippen LogP contribution in [-0.2, 0) is 0 Å². The number of rotatable bonds is 3. The lowest BCUT2D eigenvalue weighted by Gasteiger charge is -2.12. The summed E-state index contributed by atoms with van der Waals surface area (Å²) < 4.78 is 1.23. The number of thiophene rings is 1. The van der Waals surface area contributed by atoms with E-state index in [1.54, 1.807) is 11.3 Å². The molecule has 4 aromatic carbocycles. The number of hydrogen-bond acceptors (Lipinski definition) is 3. The zero-order chi connectivity index (χ0) is 20.6. The van der Waals surface area contributed by atoms with Crippen LogP contribution in [-0.4, -0.2) is 9.97 Å². The predicted molar refractivity (Wildman–Crippen MR) is 131 cm³/mol. The molecule has 6 aromatic rings. The summed E-state index contributed by atoms with van der Waals surface area (Å²) in [5.74, 6) is 0.762. The number of fused-ring (bicyclic) bond motifs is 3. The molecule has 146 valence electrons. The molecule has 0 fully saturated rings. The van der Waals surface area contributed by atoms with Crippen LogP contribution >= 0.6 is 11.3 Å².